The third kappa shape index (κ3) is 2.70. The van der Waals surface area contributed by atoms with E-state index in [1.54, 1.807) is 18.9 Å². The van der Waals surface area contributed by atoms with E-state index in [-0.39, 0.29) is 23.8 Å². The van der Waals surface area contributed by atoms with E-state index in [9.17, 15) is 9.59 Å². The van der Waals surface area contributed by atoms with Gasteiger partial charge in [-0.3, -0.25) is 9.59 Å². The van der Waals surface area contributed by atoms with Gasteiger partial charge in [-0.15, -0.1) is 0 Å². The van der Waals surface area contributed by atoms with Crippen molar-refractivity contribution in [3.63, 3.8) is 0 Å². The molecule has 4 heteroatoms. The second-order valence-electron chi connectivity index (χ2n) is 4.51. The number of hydrogen-bond donors (Lipinski definition) is 0. The molecule has 1 aliphatic heterocycles. The zero-order chi connectivity index (χ0) is 11.6. The van der Waals surface area contributed by atoms with Crippen LogP contribution in [-0.4, -0.2) is 47.8 Å². The molecule has 0 spiro atoms. The van der Waals surface area contributed by atoms with Crippen LogP contribution in [0, 0.1) is 5.92 Å². The number of hydrogen-bond acceptors (Lipinski definition) is 2. The largest absolute Gasteiger partial charge is 0.341 e. The fourth-order valence-corrected chi connectivity index (χ4v) is 1.88. The Balaban J connectivity index is 2.52. The maximum atomic E-state index is 11.7. The molecule has 1 heterocycles. The molecule has 0 saturated carbocycles. The van der Waals surface area contributed by atoms with Gasteiger partial charge >= 0.3 is 0 Å². The summed E-state index contributed by atoms with van der Waals surface area (Å²) >= 11 is 0. The summed E-state index contributed by atoms with van der Waals surface area (Å²) in [5, 5.41) is 0. The fraction of sp³-hybridized carbons (Fsp3) is 0.818. The van der Waals surface area contributed by atoms with Gasteiger partial charge in [0.2, 0.25) is 11.8 Å². The Labute approximate surface area is 91.2 Å². The number of amides is 2. The van der Waals surface area contributed by atoms with Gasteiger partial charge in [-0.25, -0.2) is 0 Å². The lowest BCUT2D eigenvalue weighted by molar-refractivity contribution is -0.135. The zero-order valence-corrected chi connectivity index (χ0v) is 9.99. The van der Waals surface area contributed by atoms with Gasteiger partial charge in [0.15, 0.2) is 0 Å². The van der Waals surface area contributed by atoms with Crippen LogP contribution in [0.2, 0.25) is 0 Å². The fourth-order valence-electron chi connectivity index (χ4n) is 1.88. The second kappa shape index (κ2) is 4.64. The van der Waals surface area contributed by atoms with Crippen molar-refractivity contribution in [2.75, 3.05) is 20.1 Å². The normalized spacial score (nSPS) is 20.9. The summed E-state index contributed by atoms with van der Waals surface area (Å²) in [6, 6.07) is 0.199. The topological polar surface area (TPSA) is 40.6 Å². The Hall–Kier alpha value is -1.06. The van der Waals surface area contributed by atoms with Crippen molar-refractivity contribution in [1.82, 2.24) is 9.80 Å². The number of rotatable bonds is 2. The summed E-state index contributed by atoms with van der Waals surface area (Å²) in [4.78, 5) is 26.5. The summed E-state index contributed by atoms with van der Waals surface area (Å²) in [6.45, 7) is 6.84. The van der Waals surface area contributed by atoms with Crippen LogP contribution in [0.3, 0.4) is 0 Å². The molecule has 4 nitrogen and oxygen atoms in total. The summed E-state index contributed by atoms with van der Waals surface area (Å²) in [7, 11) is 1.80. The molecule has 1 atom stereocenters. The first kappa shape index (κ1) is 12.0. The smallest absolute Gasteiger partial charge is 0.225 e. The maximum absolute atomic E-state index is 11.7. The lowest BCUT2D eigenvalue weighted by atomic mass is 10.2. The predicted octanol–water partition coefficient (Wildman–Crippen LogP) is 0.722. The van der Waals surface area contributed by atoms with Gasteiger partial charge in [-0.2, -0.15) is 0 Å². The van der Waals surface area contributed by atoms with Crippen LogP contribution >= 0.6 is 0 Å². The number of likely N-dealkylation sites (N-methyl/N-ethyl adjacent to an activating group) is 1. The van der Waals surface area contributed by atoms with E-state index >= 15 is 0 Å². The second-order valence-corrected chi connectivity index (χ2v) is 4.51. The first-order chi connectivity index (χ1) is 6.93. The Kier molecular flexibility index (Phi) is 3.72. The maximum Gasteiger partial charge on any atom is 0.225 e. The quantitative estimate of drug-likeness (QED) is 0.677. The first-order valence-electron chi connectivity index (χ1n) is 5.45. The summed E-state index contributed by atoms with van der Waals surface area (Å²) in [5.41, 5.74) is 0. The Morgan fingerprint density at radius 1 is 1.40 bits per heavy atom. The Morgan fingerprint density at radius 3 is 2.47 bits per heavy atom. The molecule has 0 aliphatic carbocycles. The number of likely N-dealkylation sites (tertiary alicyclic amines) is 1. The molecule has 15 heavy (non-hydrogen) atoms. The SMILES string of the molecule is CC(=O)N(C)[C@@H]1CCN(C(=O)C(C)C)C1. The zero-order valence-electron chi connectivity index (χ0n) is 9.99. The van der Waals surface area contributed by atoms with Crippen molar-refractivity contribution in [2.45, 2.75) is 33.2 Å². The monoisotopic (exact) mass is 212 g/mol. The molecular formula is C11H20N2O2. The third-order valence-electron chi connectivity index (χ3n) is 3.01. The highest BCUT2D eigenvalue weighted by Gasteiger charge is 2.30. The minimum Gasteiger partial charge on any atom is -0.341 e. The average Bonchev–Trinajstić information content (AvgIpc) is 2.63. The van der Waals surface area contributed by atoms with Gasteiger partial charge in [-0.05, 0) is 6.42 Å². The molecule has 1 aliphatic rings. The summed E-state index contributed by atoms with van der Waals surface area (Å²) in [6.07, 6.45) is 0.897. The van der Waals surface area contributed by atoms with Gasteiger partial charge in [0, 0.05) is 33.0 Å². The van der Waals surface area contributed by atoms with E-state index in [2.05, 4.69) is 0 Å². The summed E-state index contributed by atoms with van der Waals surface area (Å²) in [5.74, 6) is 0.305. The molecule has 0 N–H and O–H groups in total. The lowest BCUT2D eigenvalue weighted by Gasteiger charge is -2.24. The van der Waals surface area contributed by atoms with Gasteiger partial charge in [0.25, 0.3) is 0 Å². The van der Waals surface area contributed by atoms with E-state index in [4.69, 9.17) is 0 Å². The van der Waals surface area contributed by atoms with E-state index in [0.717, 1.165) is 13.0 Å². The average molecular weight is 212 g/mol. The molecule has 1 saturated heterocycles. The lowest BCUT2D eigenvalue weighted by Crippen LogP contribution is -2.39. The minimum atomic E-state index is 0.0476. The highest BCUT2D eigenvalue weighted by molar-refractivity contribution is 5.79. The molecular weight excluding hydrogens is 192 g/mol. The van der Waals surface area contributed by atoms with Crippen molar-refractivity contribution in [3.8, 4) is 0 Å². The van der Waals surface area contributed by atoms with Gasteiger partial charge < -0.3 is 9.80 Å². The van der Waals surface area contributed by atoms with Gasteiger partial charge in [0.1, 0.15) is 0 Å². The van der Waals surface area contributed by atoms with Gasteiger partial charge in [-0.1, -0.05) is 13.8 Å². The first-order valence-corrected chi connectivity index (χ1v) is 5.45. The van der Waals surface area contributed by atoms with Crippen molar-refractivity contribution in [3.05, 3.63) is 0 Å². The van der Waals surface area contributed by atoms with Crippen molar-refractivity contribution in [2.24, 2.45) is 5.92 Å². The highest BCUT2D eigenvalue weighted by atomic mass is 16.2. The molecule has 2 amide bonds. The van der Waals surface area contributed by atoms with Crippen LogP contribution in [0.1, 0.15) is 27.2 Å². The van der Waals surface area contributed by atoms with Crippen molar-refractivity contribution < 1.29 is 9.59 Å². The Morgan fingerprint density at radius 2 is 2.00 bits per heavy atom. The van der Waals surface area contributed by atoms with Crippen LogP contribution in [0.15, 0.2) is 0 Å². The summed E-state index contributed by atoms with van der Waals surface area (Å²) < 4.78 is 0. The minimum absolute atomic E-state index is 0.0476. The van der Waals surface area contributed by atoms with Crippen LogP contribution < -0.4 is 0 Å². The Bertz CT molecular complexity index is 263. The molecule has 0 bridgehead atoms. The van der Waals surface area contributed by atoms with E-state index in [0.29, 0.717) is 6.54 Å². The molecule has 1 rings (SSSR count). The molecule has 0 radical (unpaired) electrons. The molecule has 86 valence electrons. The van der Waals surface area contributed by atoms with E-state index in [1.807, 2.05) is 18.7 Å². The predicted molar refractivity (Wildman–Crippen MR) is 58.3 cm³/mol. The van der Waals surface area contributed by atoms with Crippen molar-refractivity contribution >= 4 is 11.8 Å². The van der Waals surface area contributed by atoms with Crippen LogP contribution in [0.25, 0.3) is 0 Å². The third-order valence-corrected chi connectivity index (χ3v) is 3.01. The number of carbonyl (C=O) groups excluding carboxylic acids is 2. The molecule has 0 aromatic heterocycles. The molecule has 1 fully saturated rings. The molecule has 0 unspecified atom stereocenters. The molecule has 0 aromatic rings. The number of carbonyl (C=O) groups is 2. The van der Waals surface area contributed by atoms with Crippen LogP contribution in [-0.2, 0) is 9.59 Å². The van der Waals surface area contributed by atoms with E-state index < -0.39 is 0 Å². The van der Waals surface area contributed by atoms with Crippen molar-refractivity contribution in [1.29, 1.82) is 0 Å². The van der Waals surface area contributed by atoms with Crippen LogP contribution in [0.4, 0.5) is 0 Å². The standard InChI is InChI=1S/C11H20N2O2/c1-8(2)11(15)13-6-5-10(7-13)12(4)9(3)14/h8,10H,5-7H2,1-4H3/t10-/m1/s1. The van der Waals surface area contributed by atoms with E-state index in [1.165, 1.54) is 0 Å². The van der Waals surface area contributed by atoms with Gasteiger partial charge in [0.05, 0.1) is 6.04 Å². The van der Waals surface area contributed by atoms with Crippen LogP contribution in [0.5, 0.6) is 0 Å². The number of nitrogens with zero attached hydrogens (tertiary/aromatic N) is 2. The molecule has 0 aromatic carbocycles. The highest BCUT2D eigenvalue weighted by Crippen LogP contribution is 2.16.